The van der Waals surface area contributed by atoms with E-state index in [2.05, 4.69) is 69.6 Å². The number of nitrogens with one attached hydrogen (secondary N) is 3. The number of carbonyl (C=O) groups is 4. The summed E-state index contributed by atoms with van der Waals surface area (Å²) in [6, 6.07) is 30.7. The molecule has 0 fully saturated rings. The van der Waals surface area contributed by atoms with E-state index in [0.717, 1.165) is 22.4 Å². The van der Waals surface area contributed by atoms with Crippen LogP contribution in [-0.2, 0) is 44.7 Å². The largest absolute Gasteiger partial charge is 0.543 e. The second-order valence-electron chi connectivity index (χ2n) is 19.4. The van der Waals surface area contributed by atoms with Gasteiger partial charge in [-0.05, 0) is 136 Å². The van der Waals surface area contributed by atoms with Crippen LogP contribution in [0.4, 0.5) is 10.5 Å². The van der Waals surface area contributed by atoms with E-state index in [1.165, 1.54) is 0 Å². The van der Waals surface area contributed by atoms with Crippen molar-refractivity contribution in [2.24, 2.45) is 0 Å². The number of alkyl carbamates (subject to hydrolysis) is 1. The second kappa shape index (κ2) is 22.3. The Hall–Kier alpha value is -5.42. The monoisotopic (exact) mass is 878 g/mol. The lowest BCUT2D eigenvalue weighted by atomic mass is 9.99. The molecule has 0 bridgehead atoms. The molecular formula is C52H71N3O7Si. The highest BCUT2D eigenvalue weighted by Gasteiger charge is 2.47. The first kappa shape index (κ1) is 50.2. The van der Waals surface area contributed by atoms with Crippen molar-refractivity contribution in [1.29, 1.82) is 0 Å². The minimum Gasteiger partial charge on any atom is -0.543 e. The van der Waals surface area contributed by atoms with Gasteiger partial charge in [0.05, 0.1) is 0 Å². The van der Waals surface area contributed by atoms with E-state index in [1.807, 2.05) is 72.8 Å². The lowest BCUT2D eigenvalue weighted by Gasteiger charge is -2.42. The van der Waals surface area contributed by atoms with E-state index in [4.69, 9.17) is 13.9 Å². The van der Waals surface area contributed by atoms with Gasteiger partial charge in [-0.1, -0.05) is 114 Å². The second-order valence-corrected chi connectivity index (χ2v) is 24.8. The molecule has 10 nitrogen and oxygen atoms in total. The lowest BCUT2D eigenvalue weighted by molar-refractivity contribution is -0.157. The normalized spacial score (nSPS) is 13.0. The summed E-state index contributed by atoms with van der Waals surface area (Å²) in [5.74, 6) is -0.535. The Balaban J connectivity index is 1.66. The molecule has 0 unspecified atom stereocenters. The molecule has 0 aliphatic carbocycles. The molecule has 3 N–H and O–H groups in total. The fourth-order valence-corrected chi connectivity index (χ4v) is 13.4. The third-order valence-electron chi connectivity index (χ3n) is 11.1. The average Bonchev–Trinajstić information content (AvgIpc) is 3.20. The zero-order valence-corrected chi connectivity index (χ0v) is 40.6. The van der Waals surface area contributed by atoms with Gasteiger partial charge in [-0.15, -0.1) is 0 Å². The summed E-state index contributed by atoms with van der Waals surface area (Å²) >= 11 is 0. The molecule has 11 heteroatoms. The summed E-state index contributed by atoms with van der Waals surface area (Å²) < 4.78 is 18.2. The van der Waals surface area contributed by atoms with Gasteiger partial charge in [0.15, 0.2) is 0 Å². The number of hydrogen-bond acceptors (Lipinski definition) is 7. The number of amides is 3. The topological polar surface area (TPSA) is 132 Å². The SMILES string of the molecule is CC(C)[Si](Oc1ccc(CCc2cc(C(=O)N[C@@H](CCc3ccccc3)C(=O)OC(C)(C)C)ccc2NC(=O)[C@H](Cc2ccccc2)NC(=O)OC(C)(C)C)cc1)(C(C)C)C(C)C. The van der Waals surface area contributed by atoms with Crippen LogP contribution < -0.4 is 20.4 Å². The highest BCUT2D eigenvalue weighted by molar-refractivity contribution is 6.78. The molecule has 340 valence electrons. The van der Waals surface area contributed by atoms with E-state index in [1.54, 1.807) is 59.7 Å². The summed E-state index contributed by atoms with van der Waals surface area (Å²) in [4.78, 5) is 54.7. The molecule has 4 rings (SSSR count). The zero-order chi connectivity index (χ0) is 46.5. The first-order chi connectivity index (χ1) is 29.6. The fourth-order valence-electron chi connectivity index (χ4n) is 8.17. The van der Waals surface area contributed by atoms with Crippen LogP contribution in [0.2, 0.25) is 16.6 Å². The third kappa shape index (κ3) is 15.4. The van der Waals surface area contributed by atoms with Gasteiger partial charge in [0.25, 0.3) is 14.2 Å². The van der Waals surface area contributed by atoms with Crippen LogP contribution >= 0.6 is 0 Å². The molecule has 3 amide bonds. The summed E-state index contributed by atoms with van der Waals surface area (Å²) in [6.45, 7) is 24.3. The van der Waals surface area contributed by atoms with E-state index in [-0.39, 0.29) is 6.42 Å². The smallest absolute Gasteiger partial charge is 0.408 e. The van der Waals surface area contributed by atoms with Gasteiger partial charge in [-0.25, -0.2) is 9.59 Å². The number of rotatable bonds is 19. The van der Waals surface area contributed by atoms with Gasteiger partial charge in [-0.2, -0.15) is 0 Å². The molecule has 4 aromatic carbocycles. The number of hydrogen-bond donors (Lipinski definition) is 3. The minimum absolute atomic E-state index is 0.222. The van der Waals surface area contributed by atoms with Crippen molar-refractivity contribution in [1.82, 2.24) is 10.6 Å². The molecule has 0 radical (unpaired) electrons. The van der Waals surface area contributed by atoms with Crippen molar-refractivity contribution in [3.8, 4) is 5.75 Å². The van der Waals surface area contributed by atoms with E-state index in [0.29, 0.717) is 59.1 Å². The van der Waals surface area contributed by atoms with Crippen LogP contribution in [0.25, 0.3) is 0 Å². The van der Waals surface area contributed by atoms with Gasteiger partial charge < -0.3 is 29.9 Å². The average molecular weight is 878 g/mol. The predicted octanol–water partition coefficient (Wildman–Crippen LogP) is 11.2. The van der Waals surface area contributed by atoms with Crippen LogP contribution in [0.5, 0.6) is 5.75 Å². The standard InChI is InChI=1S/C52H71N3O7Si/c1-35(2)63(36(3)4,37(5)6)62-43-29-24-39(25-30-43)23-27-41-34-42(47(56)54-45(49(58)60-51(7,8)9)31-26-38-19-15-13-16-20-38)28-32-44(41)53-48(57)46(33-40-21-17-14-18-22-40)55-50(59)61-52(10,11)12/h13-22,24-25,28-30,32,34-37,45-46H,23,26-27,31,33H2,1-12H3,(H,53,57)(H,54,56)(H,55,59)/t45-,46-/m0/s1. The van der Waals surface area contributed by atoms with Gasteiger partial charge in [0.2, 0.25) is 5.91 Å². The first-order valence-electron chi connectivity index (χ1n) is 22.4. The van der Waals surface area contributed by atoms with Crippen molar-refractivity contribution >= 4 is 37.9 Å². The van der Waals surface area contributed by atoms with Gasteiger partial charge >= 0.3 is 12.1 Å². The Morgan fingerprint density at radius 1 is 0.587 bits per heavy atom. The molecular weight excluding hydrogens is 807 g/mol. The summed E-state index contributed by atoms with van der Waals surface area (Å²) in [5.41, 5.74) is 4.27. The number of anilines is 1. The van der Waals surface area contributed by atoms with Crippen LogP contribution in [0.15, 0.2) is 103 Å². The minimum atomic E-state index is -2.15. The molecule has 0 aromatic heterocycles. The third-order valence-corrected chi connectivity index (χ3v) is 17.1. The molecule has 63 heavy (non-hydrogen) atoms. The number of ether oxygens (including phenoxy) is 2. The van der Waals surface area contributed by atoms with Gasteiger partial charge in [0, 0.05) is 17.7 Å². The summed E-state index contributed by atoms with van der Waals surface area (Å²) in [5, 5.41) is 8.78. The van der Waals surface area contributed by atoms with E-state index in [9.17, 15) is 19.2 Å². The predicted molar refractivity (Wildman–Crippen MR) is 256 cm³/mol. The Morgan fingerprint density at radius 3 is 1.67 bits per heavy atom. The molecule has 2 atom stereocenters. The quantitative estimate of drug-likeness (QED) is 0.0631. The Bertz CT molecular complexity index is 2090. The maximum atomic E-state index is 14.2. The van der Waals surface area contributed by atoms with Crippen LogP contribution in [0.3, 0.4) is 0 Å². The van der Waals surface area contributed by atoms with Crippen LogP contribution in [0, 0.1) is 0 Å². The number of aryl methyl sites for hydroxylation is 3. The maximum Gasteiger partial charge on any atom is 0.408 e. The van der Waals surface area contributed by atoms with Gasteiger partial charge in [0.1, 0.15) is 29.0 Å². The Kier molecular flexibility index (Phi) is 17.8. The Morgan fingerprint density at radius 2 is 1.13 bits per heavy atom. The van der Waals surface area contributed by atoms with Crippen LogP contribution in [-0.4, -0.2) is 55.5 Å². The van der Waals surface area contributed by atoms with Crippen molar-refractivity contribution < 1.29 is 33.1 Å². The van der Waals surface area contributed by atoms with Crippen LogP contribution in [0.1, 0.15) is 122 Å². The van der Waals surface area contributed by atoms with E-state index < -0.39 is 55.5 Å². The summed E-state index contributed by atoms with van der Waals surface area (Å²) in [7, 11) is -2.15. The molecule has 0 saturated heterocycles. The molecule has 0 saturated carbocycles. The number of benzene rings is 4. The van der Waals surface area contributed by atoms with Crippen molar-refractivity contribution in [2.45, 2.75) is 155 Å². The molecule has 0 aliphatic rings. The molecule has 0 spiro atoms. The fraction of sp³-hybridized carbons (Fsp3) is 0.462. The number of esters is 1. The molecule has 0 aliphatic heterocycles. The van der Waals surface area contributed by atoms with Crippen molar-refractivity contribution in [2.75, 3.05) is 5.32 Å². The Labute approximate surface area is 377 Å². The lowest BCUT2D eigenvalue weighted by Crippen LogP contribution is -2.50. The van der Waals surface area contributed by atoms with Crippen molar-refractivity contribution in [3.05, 3.63) is 131 Å². The summed E-state index contributed by atoms with van der Waals surface area (Å²) in [6.07, 6.45) is 1.47. The maximum absolute atomic E-state index is 14.2. The first-order valence-corrected chi connectivity index (χ1v) is 24.5. The highest BCUT2D eigenvalue weighted by Crippen LogP contribution is 2.42. The van der Waals surface area contributed by atoms with Crippen molar-refractivity contribution in [3.63, 3.8) is 0 Å². The molecule has 0 heterocycles. The number of carbonyl (C=O) groups excluding carboxylic acids is 4. The highest BCUT2D eigenvalue weighted by atomic mass is 28.4. The van der Waals surface area contributed by atoms with Gasteiger partial charge in [-0.3, -0.25) is 9.59 Å². The zero-order valence-electron chi connectivity index (χ0n) is 39.6. The molecule has 4 aromatic rings. The van der Waals surface area contributed by atoms with E-state index >= 15 is 0 Å².